The molecule has 32 valence electrons. The first kappa shape index (κ1) is 6.42. The molecule has 3 heteroatoms. The van der Waals surface area contributed by atoms with Gasteiger partial charge in [0.05, 0.1) is 0 Å². The Morgan fingerprint density at radius 2 is 1.80 bits per heavy atom. The molecule has 0 saturated heterocycles. The van der Waals surface area contributed by atoms with Gasteiger partial charge in [-0.2, -0.15) is 1.33 Å². The molecule has 0 aliphatic carbocycles. The van der Waals surface area contributed by atoms with E-state index < -0.39 is 0 Å². The van der Waals surface area contributed by atoms with Crippen LogP contribution in [0.25, 0.3) is 0 Å². The molecule has 0 N–H and O–H groups in total. The zero-order valence-corrected chi connectivity index (χ0v) is 7.23. The third-order valence-electron chi connectivity index (χ3n) is 0.239. The predicted octanol–water partition coefficient (Wildman–Crippen LogP) is 2.01. The molecule has 0 rings (SSSR count). The maximum atomic E-state index is 2.23. The minimum atomic E-state index is 1.11. The largest absolute Gasteiger partial charge is 0.189 e. The van der Waals surface area contributed by atoms with E-state index in [0.29, 0.717) is 0 Å². The monoisotopic (exact) mass is 297 g/mol. The third-order valence-corrected chi connectivity index (χ3v) is 1.60. The van der Waals surface area contributed by atoms with Crippen molar-refractivity contribution in [2.24, 2.45) is 0 Å². The van der Waals surface area contributed by atoms with Gasteiger partial charge in [-0.05, 0) is 0 Å². The summed E-state index contributed by atoms with van der Waals surface area (Å²) in [4.78, 5) is 0. The van der Waals surface area contributed by atoms with Crippen LogP contribution in [0.15, 0.2) is 0 Å². The number of hydrogen-bond donors (Lipinski definition) is 0. The van der Waals surface area contributed by atoms with E-state index in [4.69, 9.17) is 0 Å². The average molecular weight is 297 g/mol. The molecule has 0 bridgehead atoms. The molecule has 5 heavy (non-hydrogen) atoms. The van der Waals surface area contributed by atoms with Crippen molar-refractivity contribution in [3.63, 3.8) is 0 Å². The summed E-state index contributed by atoms with van der Waals surface area (Å²) in [6.45, 7) is 3.22. The van der Waals surface area contributed by atoms with Gasteiger partial charge in [0, 0.05) is 52.3 Å². The SMILES string of the molecule is CCN(I)I. The van der Waals surface area contributed by atoms with E-state index in [0.717, 1.165) is 6.54 Å². The average Bonchev–Trinajstić information content (AvgIpc) is 1.38. The second-order valence-electron chi connectivity index (χ2n) is 0.619. The topological polar surface area (TPSA) is 3.24 Å². The smallest absolute Gasteiger partial charge is 0.0308 e. The van der Waals surface area contributed by atoms with Gasteiger partial charge in [-0.25, -0.2) is 0 Å². The van der Waals surface area contributed by atoms with Crippen molar-refractivity contribution in [2.75, 3.05) is 6.54 Å². The molecule has 0 heterocycles. The summed E-state index contributed by atoms with van der Waals surface area (Å²) in [7, 11) is 0. The van der Waals surface area contributed by atoms with Gasteiger partial charge in [-0.1, -0.05) is 6.92 Å². The Kier molecular flexibility index (Phi) is 4.63. The number of rotatable bonds is 1. The molecule has 0 radical (unpaired) electrons. The predicted molar refractivity (Wildman–Crippen MR) is 40.4 cm³/mol. The van der Waals surface area contributed by atoms with Gasteiger partial charge in [0.25, 0.3) is 0 Å². The standard InChI is InChI=1S/C2H5I2N/c1-2-5(3)4/h2H2,1H3. The molecule has 0 atom stereocenters. The van der Waals surface area contributed by atoms with E-state index in [-0.39, 0.29) is 0 Å². The van der Waals surface area contributed by atoms with E-state index in [1.54, 1.807) is 0 Å². The molecule has 0 aromatic rings. The molecule has 0 unspecified atom stereocenters. The highest BCUT2D eigenvalue weighted by Crippen LogP contribution is 2.03. The Morgan fingerprint density at radius 1 is 1.60 bits per heavy atom. The minimum absolute atomic E-state index is 1.11. The molecule has 0 spiro atoms. The molecule has 0 aromatic carbocycles. The molecule has 0 amide bonds. The fourth-order valence-electron chi connectivity index (χ4n) is 0. The van der Waals surface area contributed by atoms with Gasteiger partial charge >= 0.3 is 0 Å². The highest BCUT2D eigenvalue weighted by atomic mass is 127. The second kappa shape index (κ2) is 3.60. The van der Waals surface area contributed by atoms with E-state index in [1.807, 2.05) is 0 Å². The summed E-state index contributed by atoms with van der Waals surface area (Å²) in [5.74, 6) is 0. The molecule has 1 nitrogen and oxygen atoms in total. The lowest BCUT2D eigenvalue weighted by Gasteiger charge is -1.92. The highest BCUT2D eigenvalue weighted by molar-refractivity contribution is 14.2. The van der Waals surface area contributed by atoms with Gasteiger partial charge in [0.1, 0.15) is 0 Å². The van der Waals surface area contributed by atoms with Crippen molar-refractivity contribution in [2.45, 2.75) is 6.92 Å². The molecule has 0 aromatic heterocycles. The normalized spacial score (nSPS) is 9.60. The van der Waals surface area contributed by atoms with Crippen LogP contribution in [0.3, 0.4) is 0 Å². The zero-order chi connectivity index (χ0) is 4.28. The van der Waals surface area contributed by atoms with Crippen molar-refractivity contribution in [1.82, 2.24) is 1.33 Å². The summed E-state index contributed by atoms with van der Waals surface area (Å²) in [6.07, 6.45) is 0. The Balaban J connectivity index is 2.54. The number of halogens is 2. The molecule has 0 saturated carbocycles. The fraction of sp³-hybridized carbons (Fsp3) is 1.00. The highest BCUT2D eigenvalue weighted by Gasteiger charge is 1.78. The van der Waals surface area contributed by atoms with E-state index in [9.17, 15) is 0 Å². The van der Waals surface area contributed by atoms with Crippen LogP contribution < -0.4 is 0 Å². The Bertz CT molecular complexity index is 21.6. The van der Waals surface area contributed by atoms with Crippen LogP contribution in [0.4, 0.5) is 0 Å². The second-order valence-corrected chi connectivity index (χ2v) is 4.79. The summed E-state index contributed by atoms with van der Waals surface area (Å²) in [5.41, 5.74) is 0. The number of nitrogens with zero attached hydrogens (tertiary/aromatic N) is 1. The van der Waals surface area contributed by atoms with Crippen molar-refractivity contribution in [3.05, 3.63) is 0 Å². The maximum absolute atomic E-state index is 2.23. The van der Waals surface area contributed by atoms with Crippen LogP contribution in [-0.2, 0) is 0 Å². The summed E-state index contributed by atoms with van der Waals surface area (Å²) < 4.78 is 2.06. The van der Waals surface area contributed by atoms with E-state index in [2.05, 4.69) is 54.0 Å². The minimum Gasteiger partial charge on any atom is -0.189 e. The Labute approximate surface area is 60.1 Å². The van der Waals surface area contributed by atoms with Gasteiger partial charge in [0.2, 0.25) is 0 Å². The third kappa shape index (κ3) is 5.42. The lowest BCUT2D eigenvalue weighted by atomic mass is 10.8. The summed E-state index contributed by atoms with van der Waals surface area (Å²) in [6, 6.07) is 0. The molecule has 0 aliphatic heterocycles. The lowest BCUT2D eigenvalue weighted by molar-refractivity contribution is 0.886. The lowest BCUT2D eigenvalue weighted by Crippen LogP contribution is -1.88. The van der Waals surface area contributed by atoms with Crippen LogP contribution in [0.5, 0.6) is 0 Å². The van der Waals surface area contributed by atoms with Gasteiger partial charge in [0.15, 0.2) is 0 Å². The van der Waals surface area contributed by atoms with E-state index >= 15 is 0 Å². The van der Waals surface area contributed by atoms with Crippen molar-refractivity contribution >= 4 is 45.7 Å². The molecule has 0 aliphatic rings. The molecule has 0 fully saturated rings. The van der Waals surface area contributed by atoms with Crippen LogP contribution >= 0.6 is 45.7 Å². The quantitative estimate of drug-likeness (QED) is 0.528. The van der Waals surface area contributed by atoms with Gasteiger partial charge in [-0.3, -0.25) is 0 Å². The van der Waals surface area contributed by atoms with E-state index in [1.165, 1.54) is 0 Å². The van der Waals surface area contributed by atoms with Crippen LogP contribution in [0.2, 0.25) is 0 Å². The van der Waals surface area contributed by atoms with Crippen molar-refractivity contribution in [1.29, 1.82) is 0 Å². The number of hydrogen-bond acceptors (Lipinski definition) is 1. The van der Waals surface area contributed by atoms with Crippen molar-refractivity contribution < 1.29 is 0 Å². The first-order valence-corrected chi connectivity index (χ1v) is 3.29. The Hall–Kier alpha value is 1.42. The zero-order valence-electron chi connectivity index (χ0n) is 2.91. The first-order chi connectivity index (χ1) is 2.27. The first-order valence-electron chi connectivity index (χ1n) is 1.36. The van der Waals surface area contributed by atoms with Crippen LogP contribution in [0, 0.1) is 0 Å². The molecular formula is C2H5I2N. The van der Waals surface area contributed by atoms with Crippen LogP contribution in [-0.4, -0.2) is 7.87 Å². The maximum Gasteiger partial charge on any atom is 0.0308 e. The summed E-state index contributed by atoms with van der Waals surface area (Å²) in [5, 5.41) is 0. The van der Waals surface area contributed by atoms with Crippen LogP contribution in [0.1, 0.15) is 6.92 Å². The van der Waals surface area contributed by atoms with Crippen molar-refractivity contribution in [3.8, 4) is 0 Å². The molecular weight excluding hydrogens is 292 g/mol. The Morgan fingerprint density at radius 3 is 1.80 bits per heavy atom. The summed E-state index contributed by atoms with van der Waals surface area (Å²) >= 11 is 4.45. The fourth-order valence-corrected chi connectivity index (χ4v) is 0. The van der Waals surface area contributed by atoms with Gasteiger partial charge < -0.3 is 0 Å². The van der Waals surface area contributed by atoms with Gasteiger partial charge in [-0.15, -0.1) is 0 Å².